The molecule has 0 fully saturated rings. The van der Waals surface area contributed by atoms with Crippen molar-refractivity contribution in [3.05, 3.63) is 42.1 Å². The minimum Gasteiger partial charge on any atom is -0.377 e. The van der Waals surface area contributed by atoms with E-state index in [-0.39, 0.29) is 18.5 Å². The van der Waals surface area contributed by atoms with E-state index in [9.17, 15) is 4.79 Å². The number of para-hydroxylation sites is 1. The third kappa shape index (κ3) is 3.32. The number of aromatic nitrogens is 5. The van der Waals surface area contributed by atoms with Crippen molar-refractivity contribution < 1.29 is 9.53 Å². The normalized spacial score (nSPS) is 17.0. The number of fused-ring (bicyclic) bond motifs is 2. The quantitative estimate of drug-likeness (QED) is 0.746. The first kappa shape index (κ1) is 16.7. The molecule has 0 bridgehead atoms. The molecule has 1 unspecified atom stereocenters. The first-order valence-corrected chi connectivity index (χ1v) is 8.84. The topological polar surface area (TPSA) is 86.9 Å². The summed E-state index contributed by atoms with van der Waals surface area (Å²) in [6, 6.07) is 8.02. The van der Waals surface area contributed by atoms with Crippen LogP contribution >= 0.6 is 0 Å². The van der Waals surface area contributed by atoms with Crippen molar-refractivity contribution in [1.82, 2.24) is 29.9 Å². The Morgan fingerprint density at radius 1 is 1.31 bits per heavy atom. The van der Waals surface area contributed by atoms with Gasteiger partial charge >= 0.3 is 0 Å². The summed E-state index contributed by atoms with van der Waals surface area (Å²) in [5, 5.41) is 16.9. The largest absolute Gasteiger partial charge is 0.377 e. The highest BCUT2D eigenvalue weighted by molar-refractivity contribution is 5.82. The summed E-state index contributed by atoms with van der Waals surface area (Å²) in [5.74, 6) is 1.79. The fraction of sp³-hybridized carbons (Fsp3) is 0.444. The van der Waals surface area contributed by atoms with Gasteiger partial charge in [-0.15, -0.1) is 10.2 Å². The minimum absolute atomic E-state index is 0.0152. The molecule has 3 aromatic rings. The van der Waals surface area contributed by atoms with Gasteiger partial charge in [0.1, 0.15) is 19.0 Å². The molecule has 1 aliphatic heterocycles. The minimum atomic E-state index is -0.0152. The molecule has 1 aromatic carbocycles. The number of carbonyl (C=O) groups is 1. The van der Waals surface area contributed by atoms with Gasteiger partial charge in [-0.1, -0.05) is 18.2 Å². The fourth-order valence-corrected chi connectivity index (χ4v) is 3.49. The van der Waals surface area contributed by atoms with Gasteiger partial charge in [0.2, 0.25) is 5.91 Å². The van der Waals surface area contributed by atoms with E-state index < -0.39 is 0 Å². The summed E-state index contributed by atoms with van der Waals surface area (Å²) < 4.78 is 9.03. The van der Waals surface area contributed by atoms with E-state index in [1.165, 1.54) is 0 Å². The zero-order chi connectivity index (χ0) is 17.9. The summed E-state index contributed by atoms with van der Waals surface area (Å²) in [5.41, 5.74) is 0.971. The molecule has 3 heterocycles. The zero-order valence-electron chi connectivity index (χ0n) is 14.8. The van der Waals surface area contributed by atoms with Gasteiger partial charge in [0.25, 0.3) is 0 Å². The Kier molecular flexibility index (Phi) is 4.66. The molecule has 2 aromatic heterocycles. The number of rotatable bonds is 5. The smallest absolute Gasteiger partial charge is 0.241 e. The lowest BCUT2D eigenvalue weighted by molar-refractivity contribution is -0.122. The number of nitrogens with one attached hydrogen (secondary N) is 1. The van der Waals surface area contributed by atoms with E-state index in [1.54, 1.807) is 18.0 Å². The average Bonchev–Trinajstić information content (AvgIpc) is 3.16. The molecule has 0 aliphatic carbocycles. The summed E-state index contributed by atoms with van der Waals surface area (Å²) in [4.78, 5) is 12.5. The number of hydrogen-bond donors (Lipinski definition) is 1. The number of benzene rings is 1. The van der Waals surface area contributed by atoms with Gasteiger partial charge in [-0.05, 0) is 18.9 Å². The number of hydrogen-bond acceptors (Lipinski definition) is 5. The highest BCUT2D eigenvalue weighted by Gasteiger charge is 2.21. The second-order valence-corrected chi connectivity index (χ2v) is 6.57. The van der Waals surface area contributed by atoms with Gasteiger partial charge in [-0.3, -0.25) is 9.48 Å². The molecule has 1 atom stereocenters. The predicted octanol–water partition coefficient (Wildman–Crippen LogP) is 1.30. The van der Waals surface area contributed by atoms with Crippen molar-refractivity contribution in [1.29, 1.82) is 0 Å². The molecule has 1 amide bonds. The van der Waals surface area contributed by atoms with Crippen LogP contribution in [0.4, 0.5) is 0 Å². The second kappa shape index (κ2) is 7.25. The Hall–Kier alpha value is -2.74. The summed E-state index contributed by atoms with van der Waals surface area (Å²) in [6.07, 6.45) is 4.30. The fourth-order valence-electron chi connectivity index (χ4n) is 3.49. The molecule has 4 rings (SSSR count). The Morgan fingerprint density at radius 2 is 2.19 bits per heavy atom. The molecule has 0 radical (unpaired) electrons. The Balaban J connectivity index is 1.38. The van der Waals surface area contributed by atoms with E-state index in [1.807, 2.05) is 24.3 Å². The maximum absolute atomic E-state index is 12.5. The molecular formula is C18H22N6O2. The molecule has 8 heteroatoms. The summed E-state index contributed by atoms with van der Waals surface area (Å²) >= 11 is 0. The molecule has 8 nitrogen and oxygen atoms in total. The van der Waals surface area contributed by atoms with Crippen molar-refractivity contribution in [3.8, 4) is 0 Å². The van der Waals surface area contributed by atoms with Crippen LogP contribution in [0.15, 0.2) is 30.5 Å². The average molecular weight is 354 g/mol. The van der Waals surface area contributed by atoms with E-state index in [2.05, 4.69) is 25.2 Å². The lowest BCUT2D eigenvalue weighted by Crippen LogP contribution is -2.37. The first-order valence-electron chi connectivity index (χ1n) is 8.84. The first-order chi connectivity index (χ1) is 12.7. The van der Waals surface area contributed by atoms with Crippen molar-refractivity contribution in [3.63, 3.8) is 0 Å². The van der Waals surface area contributed by atoms with E-state index in [0.717, 1.165) is 48.4 Å². The van der Waals surface area contributed by atoms with Crippen LogP contribution in [0.1, 0.15) is 24.5 Å². The van der Waals surface area contributed by atoms with Crippen LogP contribution < -0.4 is 5.32 Å². The number of carbonyl (C=O) groups excluding carboxylic acids is 1. The Morgan fingerprint density at radius 3 is 3.08 bits per heavy atom. The van der Waals surface area contributed by atoms with E-state index >= 15 is 0 Å². The Labute approximate surface area is 151 Å². The van der Waals surface area contributed by atoms with Crippen LogP contribution in [-0.2, 0) is 35.6 Å². The van der Waals surface area contributed by atoms with Crippen LogP contribution in [0, 0.1) is 0 Å². The van der Waals surface area contributed by atoms with Crippen LogP contribution in [0.25, 0.3) is 10.9 Å². The lowest BCUT2D eigenvalue weighted by atomic mass is 10.1. The van der Waals surface area contributed by atoms with E-state index in [4.69, 9.17) is 4.74 Å². The SMILES string of the molecule is COCc1nnc2n1CCC(NC(=O)Cn1ncc3ccccc31)CC2. The molecule has 26 heavy (non-hydrogen) atoms. The summed E-state index contributed by atoms with van der Waals surface area (Å²) in [7, 11) is 1.65. The van der Waals surface area contributed by atoms with Gasteiger partial charge in [-0.2, -0.15) is 5.10 Å². The highest BCUT2D eigenvalue weighted by Crippen LogP contribution is 2.16. The zero-order valence-corrected chi connectivity index (χ0v) is 14.8. The highest BCUT2D eigenvalue weighted by atomic mass is 16.5. The van der Waals surface area contributed by atoms with Crippen molar-refractivity contribution in [2.45, 2.75) is 45.0 Å². The monoisotopic (exact) mass is 354 g/mol. The molecule has 0 spiro atoms. The van der Waals surface area contributed by atoms with E-state index in [0.29, 0.717) is 6.61 Å². The lowest BCUT2D eigenvalue weighted by Gasteiger charge is -2.16. The maximum atomic E-state index is 12.5. The number of ether oxygens (including phenoxy) is 1. The molecule has 136 valence electrons. The predicted molar refractivity (Wildman–Crippen MR) is 95.3 cm³/mol. The maximum Gasteiger partial charge on any atom is 0.241 e. The third-order valence-electron chi connectivity index (χ3n) is 4.80. The van der Waals surface area contributed by atoms with Crippen molar-refractivity contribution in [2.24, 2.45) is 0 Å². The Bertz CT molecular complexity index is 915. The molecule has 0 saturated carbocycles. The number of methoxy groups -OCH3 is 1. The molecule has 1 aliphatic rings. The second-order valence-electron chi connectivity index (χ2n) is 6.57. The third-order valence-corrected chi connectivity index (χ3v) is 4.80. The summed E-state index contributed by atoms with van der Waals surface area (Å²) in [6.45, 7) is 1.47. The number of amides is 1. The van der Waals surface area contributed by atoms with Crippen LogP contribution in [0.2, 0.25) is 0 Å². The van der Waals surface area contributed by atoms with Gasteiger partial charge in [0.05, 0.1) is 11.7 Å². The number of nitrogens with zero attached hydrogens (tertiary/aromatic N) is 5. The van der Waals surface area contributed by atoms with Crippen LogP contribution in [-0.4, -0.2) is 43.6 Å². The van der Waals surface area contributed by atoms with Crippen molar-refractivity contribution >= 4 is 16.8 Å². The van der Waals surface area contributed by atoms with Crippen LogP contribution in [0.5, 0.6) is 0 Å². The standard InChI is InChI=1S/C18H22N6O2/c1-26-12-17-22-21-16-7-6-14(8-9-23(16)17)20-18(25)11-24-15-5-3-2-4-13(15)10-19-24/h2-5,10,14H,6-9,11-12H2,1H3,(H,20,25). The molecule has 0 saturated heterocycles. The van der Waals surface area contributed by atoms with Gasteiger partial charge in [-0.25, -0.2) is 0 Å². The van der Waals surface area contributed by atoms with Crippen molar-refractivity contribution in [2.75, 3.05) is 7.11 Å². The van der Waals surface area contributed by atoms with Gasteiger partial charge < -0.3 is 14.6 Å². The van der Waals surface area contributed by atoms with Gasteiger partial charge in [0, 0.05) is 31.5 Å². The molecular weight excluding hydrogens is 332 g/mol. The van der Waals surface area contributed by atoms with Gasteiger partial charge in [0.15, 0.2) is 5.82 Å². The molecule has 1 N–H and O–H groups in total. The van der Waals surface area contributed by atoms with Crippen LogP contribution in [0.3, 0.4) is 0 Å². The number of aryl methyl sites for hydroxylation is 1.